The van der Waals surface area contributed by atoms with Gasteiger partial charge in [-0.1, -0.05) is 17.3 Å². The van der Waals surface area contributed by atoms with E-state index in [4.69, 9.17) is 10.3 Å². The van der Waals surface area contributed by atoms with E-state index in [1.807, 2.05) is 0 Å². The Kier molecular flexibility index (Phi) is 3.08. The maximum Gasteiger partial charge on any atom is 0.175 e. The summed E-state index contributed by atoms with van der Waals surface area (Å²) in [5.41, 5.74) is 6.59. The molecule has 96 valence electrons. The molecule has 0 unspecified atom stereocenters. The minimum Gasteiger partial charge on any atom is -0.380 e. The first-order valence-electron chi connectivity index (χ1n) is 5.04. The molecule has 0 fully saturated rings. The Balaban J connectivity index is 2.50. The molecule has 0 aliphatic carbocycles. The van der Waals surface area contributed by atoms with Gasteiger partial charge in [0, 0.05) is 6.26 Å². The second kappa shape index (κ2) is 4.41. The molecule has 0 aliphatic heterocycles. The molecule has 0 saturated carbocycles. The van der Waals surface area contributed by atoms with Crippen molar-refractivity contribution >= 4 is 15.7 Å². The lowest BCUT2D eigenvalue weighted by Gasteiger charge is -2.01. The molecule has 1 aromatic heterocycles. The molecule has 2 aromatic rings. The topological polar surface area (TPSA) is 86.2 Å². The monoisotopic (exact) mass is 270 g/mol. The fourth-order valence-electron chi connectivity index (χ4n) is 1.60. The molecule has 5 nitrogen and oxygen atoms in total. The molecule has 0 saturated heterocycles. The van der Waals surface area contributed by atoms with Crippen LogP contribution in [0, 0.1) is 5.82 Å². The smallest absolute Gasteiger partial charge is 0.175 e. The molecule has 1 aromatic carbocycles. The molecular formula is C11H11FN2O3S. The Morgan fingerprint density at radius 3 is 2.50 bits per heavy atom. The highest BCUT2D eigenvalue weighted by atomic mass is 32.2. The van der Waals surface area contributed by atoms with Crippen molar-refractivity contribution < 1.29 is 17.3 Å². The van der Waals surface area contributed by atoms with Gasteiger partial charge in [0.25, 0.3) is 0 Å². The van der Waals surface area contributed by atoms with Gasteiger partial charge in [-0.2, -0.15) is 0 Å². The SMILES string of the molecule is CS(=O)(=O)Cc1onc(N)c1-c1ccc(F)cc1. The van der Waals surface area contributed by atoms with Crippen molar-refractivity contribution in [3.8, 4) is 11.1 Å². The second-order valence-corrected chi connectivity index (χ2v) is 6.08. The third kappa shape index (κ3) is 2.67. The summed E-state index contributed by atoms with van der Waals surface area (Å²) in [7, 11) is -3.27. The van der Waals surface area contributed by atoms with Gasteiger partial charge in [-0.15, -0.1) is 0 Å². The van der Waals surface area contributed by atoms with Crippen LogP contribution in [0.5, 0.6) is 0 Å². The highest BCUT2D eigenvalue weighted by Gasteiger charge is 2.19. The number of halogens is 1. The first kappa shape index (κ1) is 12.6. The number of anilines is 1. The van der Waals surface area contributed by atoms with Crippen LogP contribution in [0.25, 0.3) is 11.1 Å². The van der Waals surface area contributed by atoms with Gasteiger partial charge < -0.3 is 10.3 Å². The minimum absolute atomic E-state index is 0.0836. The number of nitrogens with two attached hydrogens (primary N) is 1. The van der Waals surface area contributed by atoms with Crippen LogP contribution >= 0.6 is 0 Å². The number of hydrogen-bond acceptors (Lipinski definition) is 5. The Morgan fingerprint density at radius 1 is 1.33 bits per heavy atom. The fourth-order valence-corrected chi connectivity index (χ4v) is 2.27. The molecule has 0 amide bonds. The number of hydrogen-bond donors (Lipinski definition) is 1. The summed E-state index contributed by atoms with van der Waals surface area (Å²) in [5, 5.41) is 3.54. The van der Waals surface area contributed by atoms with Crippen LogP contribution in [0.15, 0.2) is 28.8 Å². The maximum absolute atomic E-state index is 12.8. The zero-order valence-corrected chi connectivity index (χ0v) is 10.4. The summed E-state index contributed by atoms with van der Waals surface area (Å²) >= 11 is 0. The van der Waals surface area contributed by atoms with Crippen LogP contribution in [-0.4, -0.2) is 19.8 Å². The third-order valence-electron chi connectivity index (χ3n) is 2.32. The predicted octanol–water partition coefficient (Wildman–Crippen LogP) is 1.61. The fraction of sp³-hybridized carbons (Fsp3) is 0.182. The van der Waals surface area contributed by atoms with E-state index in [-0.39, 0.29) is 17.3 Å². The molecule has 1 heterocycles. The van der Waals surface area contributed by atoms with Gasteiger partial charge in [-0.05, 0) is 17.7 Å². The molecular weight excluding hydrogens is 259 g/mol. The van der Waals surface area contributed by atoms with E-state index < -0.39 is 15.7 Å². The molecule has 0 spiro atoms. The van der Waals surface area contributed by atoms with Crippen LogP contribution in [0.3, 0.4) is 0 Å². The first-order chi connectivity index (χ1) is 8.37. The largest absolute Gasteiger partial charge is 0.380 e. The Labute approximate surface area is 103 Å². The maximum atomic E-state index is 12.8. The molecule has 0 aliphatic rings. The molecule has 0 atom stereocenters. The van der Waals surface area contributed by atoms with Crippen molar-refractivity contribution in [2.24, 2.45) is 0 Å². The molecule has 7 heteroatoms. The predicted molar refractivity (Wildman–Crippen MR) is 64.9 cm³/mol. The van der Waals surface area contributed by atoms with E-state index in [0.29, 0.717) is 11.1 Å². The van der Waals surface area contributed by atoms with E-state index in [1.165, 1.54) is 24.3 Å². The number of rotatable bonds is 3. The average molecular weight is 270 g/mol. The lowest BCUT2D eigenvalue weighted by Crippen LogP contribution is -2.01. The van der Waals surface area contributed by atoms with Gasteiger partial charge in [-0.25, -0.2) is 12.8 Å². The normalized spacial score (nSPS) is 11.7. The summed E-state index contributed by atoms with van der Waals surface area (Å²) < 4.78 is 40.3. The van der Waals surface area contributed by atoms with Crippen LogP contribution < -0.4 is 5.73 Å². The van der Waals surface area contributed by atoms with Crippen LogP contribution in [0.4, 0.5) is 10.2 Å². The number of sulfone groups is 1. The quantitative estimate of drug-likeness (QED) is 0.915. The van der Waals surface area contributed by atoms with Crippen molar-refractivity contribution in [1.29, 1.82) is 0 Å². The molecule has 0 radical (unpaired) electrons. The highest BCUT2D eigenvalue weighted by molar-refractivity contribution is 7.89. The van der Waals surface area contributed by atoms with Crippen molar-refractivity contribution in [3.05, 3.63) is 35.8 Å². The van der Waals surface area contributed by atoms with Gasteiger partial charge in [0.1, 0.15) is 11.6 Å². The van der Waals surface area contributed by atoms with Crippen LogP contribution in [0.1, 0.15) is 5.76 Å². The molecule has 2 N–H and O–H groups in total. The summed E-state index contributed by atoms with van der Waals surface area (Å²) in [6.45, 7) is 0. The summed E-state index contributed by atoms with van der Waals surface area (Å²) in [5.74, 6) is -0.454. The first-order valence-corrected chi connectivity index (χ1v) is 7.10. The Hall–Kier alpha value is -1.89. The Bertz CT molecular complexity index is 662. The van der Waals surface area contributed by atoms with Gasteiger partial charge >= 0.3 is 0 Å². The number of aromatic nitrogens is 1. The lowest BCUT2D eigenvalue weighted by atomic mass is 10.1. The zero-order chi connectivity index (χ0) is 13.3. The number of nitrogen functional groups attached to an aromatic ring is 1. The Morgan fingerprint density at radius 2 is 1.94 bits per heavy atom. The molecule has 2 rings (SSSR count). The van der Waals surface area contributed by atoms with Crippen molar-refractivity contribution in [2.75, 3.05) is 12.0 Å². The van der Waals surface area contributed by atoms with Gasteiger partial charge in [-0.3, -0.25) is 0 Å². The summed E-state index contributed by atoms with van der Waals surface area (Å²) in [4.78, 5) is 0. The molecule has 0 bridgehead atoms. The summed E-state index contributed by atoms with van der Waals surface area (Å²) in [6, 6.07) is 5.49. The van der Waals surface area contributed by atoms with E-state index in [0.717, 1.165) is 6.26 Å². The van der Waals surface area contributed by atoms with Gasteiger partial charge in [0.05, 0.1) is 5.56 Å². The zero-order valence-electron chi connectivity index (χ0n) is 9.55. The van der Waals surface area contributed by atoms with Crippen LogP contribution in [-0.2, 0) is 15.6 Å². The average Bonchev–Trinajstić information content (AvgIpc) is 2.59. The minimum atomic E-state index is -3.27. The van der Waals surface area contributed by atoms with E-state index in [9.17, 15) is 12.8 Å². The van der Waals surface area contributed by atoms with Gasteiger partial charge in [0.2, 0.25) is 0 Å². The van der Waals surface area contributed by atoms with E-state index in [2.05, 4.69) is 5.16 Å². The van der Waals surface area contributed by atoms with Crippen molar-refractivity contribution in [1.82, 2.24) is 5.16 Å². The molecule has 18 heavy (non-hydrogen) atoms. The van der Waals surface area contributed by atoms with Crippen molar-refractivity contribution in [3.63, 3.8) is 0 Å². The van der Waals surface area contributed by atoms with Crippen LogP contribution in [0.2, 0.25) is 0 Å². The van der Waals surface area contributed by atoms with Gasteiger partial charge in [0.15, 0.2) is 21.4 Å². The third-order valence-corrected chi connectivity index (χ3v) is 3.10. The number of benzene rings is 1. The number of nitrogens with zero attached hydrogens (tertiary/aromatic N) is 1. The van der Waals surface area contributed by atoms with E-state index in [1.54, 1.807) is 0 Å². The second-order valence-electron chi connectivity index (χ2n) is 3.94. The highest BCUT2D eigenvalue weighted by Crippen LogP contribution is 2.30. The van der Waals surface area contributed by atoms with E-state index >= 15 is 0 Å². The van der Waals surface area contributed by atoms with Crippen molar-refractivity contribution in [2.45, 2.75) is 5.75 Å². The lowest BCUT2D eigenvalue weighted by molar-refractivity contribution is 0.396. The summed E-state index contributed by atoms with van der Waals surface area (Å²) in [6.07, 6.45) is 1.08. The standard InChI is InChI=1S/C11H11FN2O3S/c1-18(15,16)6-9-10(11(13)14-17-9)7-2-4-8(12)5-3-7/h2-5H,6H2,1H3,(H2,13,14).